The summed E-state index contributed by atoms with van der Waals surface area (Å²) < 4.78 is 0.709. The van der Waals surface area contributed by atoms with E-state index in [9.17, 15) is 4.91 Å². The Morgan fingerprint density at radius 3 is 2.50 bits per heavy atom. The Balaban J connectivity index is 2.73. The summed E-state index contributed by atoms with van der Waals surface area (Å²) in [5.74, 6) is 0. The van der Waals surface area contributed by atoms with E-state index in [1.54, 1.807) is 0 Å². The van der Waals surface area contributed by atoms with Gasteiger partial charge in [0.05, 0.1) is 0 Å². The van der Waals surface area contributed by atoms with E-state index >= 15 is 0 Å². The van der Waals surface area contributed by atoms with Gasteiger partial charge in [0.1, 0.15) is 0 Å². The monoisotopic (exact) mass is 227 g/mol. The number of hydrogen-bond donors (Lipinski definition) is 0. The van der Waals surface area contributed by atoms with Gasteiger partial charge < -0.3 is 12.8 Å². The molecule has 14 heavy (non-hydrogen) atoms. The highest BCUT2D eigenvalue weighted by molar-refractivity contribution is 7.68. The van der Waals surface area contributed by atoms with Gasteiger partial charge in [-0.05, 0) is 18.6 Å². The third kappa shape index (κ3) is 3.32. The average molecular weight is 227 g/mol. The van der Waals surface area contributed by atoms with Gasteiger partial charge in [0.25, 0.3) is 0 Å². The Hall–Kier alpha value is -0.530. The lowest BCUT2D eigenvalue weighted by Crippen LogP contribution is -2.09. The molecule has 1 aromatic carbocycles. The first-order chi connectivity index (χ1) is 6.75. The summed E-state index contributed by atoms with van der Waals surface area (Å²) in [7, 11) is -0.828. The summed E-state index contributed by atoms with van der Waals surface area (Å²) in [5.41, 5.74) is 0. The molecule has 1 rings (SSSR count). The van der Waals surface area contributed by atoms with E-state index in [-0.39, 0.29) is 0 Å². The molecule has 1 atom stereocenters. The van der Waals surface area contributed by atoms with Gasteiger partial charge in [-0.15, -0.1) is 0 Å². The van der Waals surface area contributed by atoms with Crippen molar-refractivity contribution in [1.29, 1.82) is 0 Å². The Kier molecular flexibility index (Phi) is 4.99. The summed E-state index contributed by atoms with van der Waals surface area (Å²) in [6.45, 7) is 2.12. The largest absolute Gasteiger partial charge is 0.371 e. The maximum absolute atomic E-state index is 11.2. The molecule has 4 heteroatoms. The first-order valence-electron chi connectivity index (χ1n) is 4.72. The fraction of sp³-hybridized carbons (Fsp3) is 0.400. The summed E-state index contributed by atoms with van der Waals surface area (Å²) in [6.07, 6.45) is 3.08. The van der Waals surface area contributed by atoms with E-state index in [0.29, 0.717) is 3.94 Å². The molecule has 0 N–H and O–H groups in total. The molecule has 0 radical (unpaired) electrons. The predicted octanol–water partition coefficient (Wildman–Crippen LogP) is 2.75. The van der Waals surface area contributed by atoms with Crippen LogP contribution in [0.15, 0.2) is 30.3 Å². The lowest BCUT2D eigenvalue weighted by molar-refractivity contribution is -0.169. The second-order valence-electron chi connectivity index (χ2n) is 3.05. The van der Waals surface area contributed by atoms with E-state index in [1.165, 1.54) is 0 Å². The molecule has 0 aliphatic heterocycles. The lowest BCUT2D eigenvalue weighted by atomic mass is 10.4. The van der Waals surface area contributed by atoms with Crippen molar-refractivity contribution >= 4 is 26.2 Å². The van der Waals surface area contributed by atoms with Crippen molar-refractivity contribution in [2.75, 3.05) is 6.16 Å². The summed E-state index contributed by atoms with van der Waals surface area (Å²) in [6, 6.07) is 9.83. The number of nitroso groups, excluding NO2 is 1. The van der Waals surface area contributed by atoms with Gasteiger partial charge in [0.15, 0.2) is 0 Å². The second-order valence-corrected chi connectivity index (χ2v) is 5.78. The van der Waals surface area contributed by atoms with E-state index in [4.69, 9.17) is 12.8 Å². The molecule has 0 aliphatic rings. The van der Waals surface area contributed by atoms with E-state index in [2.05, 4.69) is 6.92 Å². The molecule has 0 aromatic heterocycles. The van der Waals surface area contributed by atoms with Crippen molar-refractivity contribution in [3.8, 4) is 0 Å². The molecule has 1 aromatic rings. The molecular weight excluding hydrogens is 213 g/mol. The lowest BCUT2D eigenvalue weighted by Gasteiger charge is -2.09. The zero-order valence-electron chi connectivity index (χ0n) is 8.22. The smallest absolute Gasteiger partial charge is 0.246 e. The quantitative estimate of drug-likeness (QED) is 0.569. The van der Waals surface area contributed by atoms with Gasteiger partial charge in [-0.1, -0.05) is 35.5 Å². The highest BCUT2D eigenvalue weighted by Crippen LogP contribution is 2.35. The summed E-state index contributed by atoms with van der Waals surface area (Å²) >= 11 is 4.70. The maximum atomic E-state index is 11.2. The second kappa shape index (κ2) is 6.05. The van der Waals surface area contributed by atoms with Crippen molar-refractivity contribution in [3.05, 3.63) is 35.2 Å². The SMILES string of the molecule is CCCCP(c1ccccc1)[N+](=O)[S-]. The van der Waals surface area contributed by atoms with Crippen LogP contribution < -0.4 is 5.30 Å². The normalized spacial score (nSPS) is 12.4. The molecule has 0 saturated heterocycles. The highest BCUT2D eigenvalue weighted by atomic mass is 32.1. The molecule has 0 spiro atoms. The topological polar surface area (TPSA) is 20.1 Å². The van der Waals surface area contributed by atoms with Crippen molar-refractivity contribution in [2.45, 2.75) is 19.8 Å². The summed E-state index contributed by atoms with van der Waals surface area (Å²) in [4.78, 5) is 11.2. The Bertz CT molecular complexity index is 291. The summed E-state index contributed by atoms with van der Waals surface area (Å²) in [5, 5.41) is 1.08. The molecule has 0 aliphatic carbocycles. The standard InChI is InChI=1S/C10H14NOPS/c1-2-3-9-13(11(12)14)10-7-5-4-6-8-10/h4-8H,2-3,9H2,1H3. The molecule has 0 amide bonds. The van der Waals surface area contributed by atoms with Gasteiger partial charge in [-0.3, -0.25) is 0 Å². The number of hydrogen-bond acceptors (Lipinski definition) is 2. The third-order valence-electron chi connectivity index (χ3n) is 1.97. The van der Waals surface area contributed by atoms with Crippen LogP contribution >= 0.6 is 8.07 Å². The van der Waals surface area contributed by atoms with Crippen LogP contribution in [0.1, 0.15) is 19.8 Å². The van der Waals surface area contributed by atoms with Gasteiger partial charge in [-0.2, -0.15) is 0 Å². The number of nitrogens with zero attached hydrogens (tertiary/aromatic N) is 1. The van der Waals surface area contributed by atoms with Crippen LogP contribution in [0.5, 0.6) is 0 Å². The molecule has 0 heterocycles. The fourth-order valence-electron chi connectivity index (χ4n) is 1.21. The highest BCUT2D eigenvalue weighted by Gasteiger charge is 2.20. The molecule has 0 fully saturated rings. The average Bonchev–Trinajstić information content (AvgIpc) is 2.19. The molecule has 0 saturated carbocycles. The number of unbranched alkanes of at least 4 members (excludes halogenated alkanes) is 1. The number of rotatable bonds is 5. The zero-order chi connectivity index (χ0) is 10.4. The van der Waals surface area contributed by atoms with Crippen LogP contribution in [0.4, 0.5) is 0 Å². The third-order valence-corrected chi connectivity index (χ3v) is 4.59. The minimum absolute atomic E-state index is 0.709. The van der Waals surface area contributed by atoms with Crippen LogP contribution in [-0.4, -0.2) is 10.1 Å². The van der Waals surface area contributed by atoms with Gasteiger partial charge in [0, 0.05) is 16.4 Å². The van der Waals surface area contributed by atoms with Crippen molar-refractivity contribution in [3.63, 3.8) is 0 Å². The van der Waals surface area contributed by atoms with E-state index in [1.807, 2.05) is 30.3 Å². The minimum atomic E-state index is -0.828. The van der Waals surface area contributed by atoms with Crippen LogP contribution in [0.25, 0.3) is 0 Å². The van der Waals surface area contributed by atoms with E-state index in [0.717, 1.165) is 24.3 Å². The molecule has 76 valence electrons. The number of benzene rings is 1. The van der Waals surface area contributed by atoms with Gasteiger partial charge in [-0.25, -0.2) is 0 Å². The minimum Gasteiger partial charge on any atom is -0.371 e. The van der Waals surface area contributed by atoms with E-state index < -0.39 is 8.07 Å². The van der Waals surface area contributed by atoms with Crippen LogP contribution in [0.3, 0.4) is 0 Å². The maximum Gasteiger partial charge on any atom is 0.246 e. The molecular formula is C10H14NOPS. The first-order valence-corrected chi connectivity index (χ1v) is 6.57. The molecule has 1 unspecified atom stereocenters. The predicted molar refractivity (Wildman–Crippen MR) is 63.8 cm³/mol. The Morgan fingerprint density at radius 2 is 2.00 bits per heavy atom. The van der Waals surface area contributed by atoms with Gasteiger partial charge in [0.2, 0.25) is 8.07 Å². The van der Waals surface area contributed by atoms with Crippen LogP contribution in [-0.2, 0) is 12.8 Å². The Morgan fingerprint density at radius 1 is 1.36 bits per heavy atom. The van der Waals surface area contributed by atoms with Crippen molar-refractivity contribution in [2.24, 2.45) is 0 Å². The molecule has 0 bridgehead atoms. The van der Waals surface area contributed by atoms with Crippen LogP contribution in [0, 0.1) is 4.91 Å². The molecule has 2 nitrogen and oxygen atoms in total. The van der Waals surface area contributed by atoms with Crippen LogP contribution in [0.2, 0.25) is 0 Å². The zero-order valence-corrected chi connectivity index (χ0v) is 9.93. The first kappa shape index (κ1) is 11.5. The van der Waals surface area contributed by atoms with Gasteiger partial charge >= 0.3 is 0 Å². The van der Waals surface area contributed by atoms with Crippen molar-refractivity contribution in [1.82, 2.24) is 0 Å². The Labute approximate surface area is 91.6 Å². The fourth-order valence-corrected chi connectivity index (χ4v) is 3.48. The van der Waals surface area contributed by atoms with Crippen molar-refractivity contribution < 1.29 is 3.94 Å².